The van der Waals surface area contributed by atoms with E-state index in [1.54, 1.807) is 18.2 Å². The van der Waals surface area contributed by atoms with E-state index in [2.05, 4.69) is 16.3 Å². The molecule has 1 amide bonds. The molecule has 1 fully saturated rings. The molecule has 0 saturated carbocycles. The number of hydrogen-bond acceptors (Lipinski definition) is 4. The zero-order valence-corrected chi connectivity index (χ0v) is 17.9. The number of amides is 1. The molecule has 0 aliphatic carbocycles. The van der Waals surface area contributed by atoms with E-state index in [9.17, 15) is 13.2 Å². The number of hydrogen-bond donors (Lipinski definition) is 1. The molecule has 0 atom stereocenters. The van der Waals surface area contributed by atoms with Gasteiger partial charge in [-0.3, -0.25) is 14.0 Å². The maximum atomic E-state index is 12.6. The molecule has 3 rings (SSSR count). The Hall–Kier alpha value is -2.38. The van der Waals surface area contributed by atoms with Crippen molar-refractivity contribution in [3.63, 3.8) is 0 Å². The summed E-state index contributed by atoms with van der Waals surface area (Å²) in [7, 11) is -3.57. The summed E-state index contributed by atoms with van der Waals surface area (Å²) in [6, 6.07) is 15.2. The number of anilines is 1. The minimum absolute atomic E-state index is 0.240. The summed E-state index contributed by atoms with van der Waals surface area (Å²) in [6.45, 7) is 5.14. The lowest BCUT2D eigenvalue weighted by molar-refractivity contribution is -0.119. The van der Waals surface area contributed by atoms with Crippen molar-refractivity contribution in [1.82, 2.24) is 10.2 Å². The molecule has 0 radical (unpaired) electrons. The molecule has 156 valence electrons. The third-order valence-electron chi connectivity index (χ3n) is 5.16. The normalized spacial score (nSPS) is 14.7. The fraction of sp³-hybridized carbons (Fsp3) is 0.409. The van der Waals surface area contributed by atoms with Crippen LogP contribution in [0.4, 0.5) is 5.69 Å². The Morgan fingerprint density at radius 2 is 1.76 bits per heavy atom. The molecule has 0 spiro atoms. The molecule has 1 heterocycles. The summed E-state index contributed by atoms with van der Waals surface area (Å²) in [4.78, 5) is 15.0. The molecule has 0 unspecified atom stereocenters. The van der Waals surface area contributed by atoms with E-state index < -0.39 is 10.0 Å². The van der Waals surface area contributed by atoms with E-state index in [4.69, 9.17) is 0 Å². The smallest absolute Gasteiger partial charge is 0.241 e. The summed E-state index contributed by atoms with van der Waals surface area (Å²) < 4.78 is 25.6. The molecule has 0 bridgehead atoms. The molecule has 6 nitrogen and oxygen atoms in total. The molecule has 29 heavy (non-hydrogen) atoms. The monoisotopic (exact) mass is 415 g/mol. The predicted molar refractivity (Wildman–Crippen MR) is 116 cm³/mol. The van der Waals surface area contributed by atoms with E-state index in [0.29, 0.717) is 12.2 Å². The summed E-state index contributed by atoms with van der Waals surface area (Å²) >= 11 is 0. The Kier molecular flexibility index (Phi) is 6.92. The Morgan fingerprint density at radius 3 is 2.41 bits per heavy atom. The molecule has 2 aromatic carbocycles. The van der Waals surface area contributed by atoms with Crippen molar-refractivity contribution in [3.8, 4) is 0 Å². The second-order valence-corrected chi connectivity index (χ2v) is 9.54. The first kappa shape index (κ1) is 21.3. The summed E-state index contributed by atoms with van der Waals surface area (Å²) in [5.41, 5.74) is 3.70. The lowest BCUT2D eigenvalue weighted by Crippen LogP contribution is -2.40. The molecule has 1 N–H and O–H groups in total. The molecular weight excluding hydrogens is 386 g/mol. The molecule has 1 aliphatic heterocycles. The van der Waals surface area contributed by atoms with E-state index in [-0.39, 0.29) is 12.5 Å². The topological polar surface area (TPSA) is 69.7 Å². The average molecular weight is 416 g/mol. The van der Waals surface area contributed by atoms with E-state index in [1.807, 2.05) is 31.2 Å². The molecule has 7 heteroatoms. The van der Waals surface area contributed by atoms with Crippen LogP contribution in [0.3, 0.4) is 0 Å². The number of carbonyl (C=O) groups is 1. The van der Waals surface area contributed by atoms with Crippen molar-refractivity contribution in [2.45, 2.75) is 32.9 Å². The van der Waals surface area contributed by atoms with Crippen molar-refractivity contribution in [3.05, 3.63) is 65.2 Å². The van der Waals surface area contributed by atoms with Crippen LogP contribution in [0.2, 0.25) is 0 Å². The highest BCUT2D eigenvalue weighted by Gasteiger charge is 2.21. The van der Waals surface area contributed by atoms with Crippen molar-refractivity contribution in [2.24, 2.45) is 0 Å². The van der Waals surface area contributed by atoms with Crippen LogP contribution >= 0.6 is 0 Å². The summed E-state index contributed by atoms with van der Waals surface area (Å²) in [5, 5.41) is 2.89. The molecule has 1 aliphatic rings. The Balaban J connectivity index is 1.65. The van der Waals surface area contributed by atoms with Crippen LogP contribution in [-0.4, -0.2) is 45.1 Å². The molecule has 1 saturated heterocycles. The number of nitrogens with zero attached hydrogens (tertiary/aromatic N) is 2. The van der Waals surface area contributed by atoms with Crippen molar-refractivity contribution in [1.29, 1.82) is 0 Å². The lowest BCUT2D eigenvalue weighted by Gasteiger charge is -2.22. The maximum absolute atomic E-state index is 12.6. The van der Waals surface area contributed by atoms with Gasteiger partial charge in [-0.15, -0.1) is 0 Å². The third kappa shape index (κ3) is 6.05. The van der Waals surface area contributed by atoms with Crippen molar-refractivity contribution in [2.75, 3.05) is 30.2 Å². The van der Waals surface area contributed by atoms with Gasteiger partial charge in [0.15, 0.2) is 0 Å². The van der Waals surface area contributed by atoms with Gasteiger partial charge in [-0.2, -0.15) is 0 Å². The second kappa shape index (κ2) is 9.41. The predicted octanol–water partition coefficient (Wildman–Crippen LogP) is 2.67. The lowest BCUT2D eigenvalue weighted by atomic mass is 10.1. The van der Waals surface area contributed by atoms with Crippen LogP contribution in [0.5, 0.6) is 0 Å². The van der Waals surface area contributed by atoms with Crippen LogP contribution in [0.25, 0.3) is 0 Å². The standard InChI is InChI=1S/C22H29N3O3S/c1-18-8-7-11-21(14-18)25(29(2,27)28)17-22(26)23-15-19-9-3-4-10-20(19)16-24-12-5-6-13-24/h3-4,7-11,14H,5-6,12-13,15-17H2,1-2H3,(H,23,26). The highest BCUT2D eigenvalue weighted by atomic mass is 32.2. The molecule has 0 aromatic heterocycles. The molecule has 2 aromatic rings. The van der Waals surface area contributed by atoms with Gasteiger partial charge >= 0.3 is 0 Å². The van der Waals surface area contributed by atoms with Crippen LogP contribution in [0, 0.1) is 6.92 Å². The first-order valence-corrected chi connectivity index (χ1v) is 11.8. The van der Waals surface area contributed by atoms with Gasteiger partial charge in [0.1, 0.15) is 6.54 Å². The van der Waals surface area contributed by atoms with Gasteiger partial charge in [-0.05, 0) is 61.7 Å². The second-order valence-electron chi connectivity index (χ2n) is 7.64. The van der Waals surface area contributed by atoms with Gasteiger partial charge < -0.3 is 5.32 Å². The maximum Gasteiger partial charge on any atom is 0.241 e. The number of carbonyl (C=O) groups excluding carboxylic acids is 1. The van der Waals surface area contributed by atoms with Crippen LogP contribution in [-0.2, 0) is 27.9 Å². The number of likely N-dealkylation sites (tertiary alicyclic amines) is 1. The largest absolute Gasteiger partial charge is 0.350 e. The zero-order chi connectivity index (χ0) is 20.9. The van der Waals surface area contributed by atoms with Gasteiger partial charge in [0, 0.05) is 13.1 Å². The minimum Gasteiger partial charge on any atom is -0.350 e. The van der Waals surface area contributed by atoms with E-state index in [1.165, 1.54) is 18.4 Å². The number of benzene rings is 2. The number of rotatable bonds is 8. The fourth-order valence-corrected chi connectivity index (χ4v) is 4.48. The first-order chi connectivity index (χ1) is 13.8. The third-order valence-corrected chi connectivity index (χ3v) is 6.30. The van der Waals surface area contributed by atoms with Gasteiger partial charge in [0.2, 0.25) is 15.9 Å². The van der Waals surface area contributed by atoms with Crippen molar-refractivity contribution < 1.29 is 13.2 Å². The van der Waals surface area contributed by atoms with Gasteiger partial charge in [0.05, 0.1) is 11.9 Å². The summed E-state index contributed by atoms with van der Waals surface area (Å²) in [5.74, 6) is -0.326. The summed E-state index contributed by atoms with van der Waals surface area (Å²) in [6.07, 6.45) is 3.59. The van der Waals surface area contributed by atoms with Crippen LogP contribution in [0.15, 0.2) is 48.5 Å². The zero-order valence-electron chi connectivity index (χ0n) is 17.1. The highest BCUT2D eigenvalue weighted by molar-refractivity contribution is 7.92. The Morgan fingerprint density at radius 1 is 1.07 bits per heavy atom. The van der Waals surface area contributed by atoms with E-state index in [0.717, 1.165) is 41.3 Å². The SMILES string of the molecule is Cc1cccc(N(CC(=O)NCc2ccccc2CN2CCCC2)S(C)(=O)=O)c1. The van der Waals surface area contributed by atoms with Crippen LogP contribution in [0.1, 0.15) is 29.5 Å². The minimum atomic E-state index is -3.57. The highest BCUT2D eigenvalue weighted by Crippen LogP contribution is 2.19. The number of sulfonamides is 1. The average Bonchev–Trinajstić information content (AvgIpc) is 3.17. The van der Waals surface area contributed by atoms with Gasteiger partial charge in [0.25, 0.3) is 0 Å². The van der Waals surface area contributed by atoms with Crippen molar-refractivity contribution >= 4 is 21.6 Å². The van der Waals surface area contributed by atoms with Crippen LogP contribution < -0.4 is 9.62 Å². The van der Waals surface area contributed by atoms with Gasteiger partial charge in [-0.25, -0.2) is 8.42 Å². The number of nitrogens with one attached hydrogen (secondary N) is 1. The molecular formula is C22H29N3O3S. The first-order valence-electron chi connectivity index (χ1n) is 9.93. The van der Waals surface area contributed by atoms with E-state index >= 15 is 0 Å². The fourth-order valence-electron chi connectivity index (χ4n) is 3.63. The number of aryl methyl sites for hydroxylation is 1. The Labute approximate surface area is 173 Å². The van der Waals surface area contributed by atoms with Gasteiger partial charge in [-0.1, -0.05) is 36.4 Å². The Bertz CT molecular complexity index is 953. The quantitative estimate of drug-likeness (QED) is 0.720.